The number of nitrogens with one attached hydrogen (secondary N) is 1. The number of hydrogen-bond donors (Lipinski definition) is 2. The lowest BCUT2D eigenvalue weighted by Crippen LogP contribution is -2.62. The molecule has 100 valence electrons. The molecule has 1 aliphatic heterocycles. The average molecular weight is 242 g/mol. The van der Waals surface area contributed by atoms with Gasteiger partial charge < -0.3 is 20.5 Å². The van der Waals surface area contributed by atoms with Crippen LogP contribution >= 0.6 is 0 Å². The molecule has 1 aliphatic carbocycles. The van der Waals surface area contributed by atoms with Crippen molar-refractivity contribution >= 4 is 0 Å². The van der Waals surface area contributed by atoms with Gasteiger partial charge in [-0.15, -0.1) is 0 Å². The molecule has 1 saturated carbocycles. The summed E-state index contributed by atoms with van der Waals surface area (Å²) in [5.74, 6) is 0. The summed E-state index contributed by atoms with van der Waals surface area (Å²) in [6.07, 6.45) is 1.47. The first kappa shape index (κ1) is 13.3. The van der Waals surface area contributed by atoms with Crippen molar-refractivity contribution in [2.24, 2.45) is 16.6 Å². The Bertz CT molecular complexity index is 283. The Labute approximate surface area is 104 Å². The van der Waals surface area contributed by atoms with Crippen LogP contribution in [0.4, 0.5) is 0 Å². The van der Waals surface area contributed by atoms with Crippen molar-refractivity contribution in [3.05, 3.63) is 0 Å². The third-order valence-electron chi connectivity index (χ3n) is 4.84. The zero-order chi connectivity index (χ0) is 12.7. The molecule has 1 saturated heterocycles. The minimum absolute atomic E-state index is 0.0776. The lowest BCUT2D eigenvalue weighted by Gasteiger charge is -2.52. The molecule has 0 bridgehead atoms. The number of hydrogen-bond acceptors (Lipinski definition) is 4. The van der Waals surface area contributed by atoms with Gasteiger partial charge in [-0.1, -0.05) is 20.8 Å². The van der Waals surface area contributed by atoms with Gasteiger partial charge >= 0.3 is 0 Å². The highest BCUT2D eigenvalue weighted by molar-refractivity contribution is 5.04. The highest BCUT2D eigenvalue weighted by Gasteiger charge is 2.49. The fraction of sp³-hybridized carbons (Fsp3) is 1.00. The average Bonchev–Trinajstić information content (AvgIpc) is 2.58. The van der Waals surface area contributed by atoms with E-state index in [1.54, 1.807) is 7.11 Å². The van der Waals surface area contributed by atoms with Gasteiger partial charge in [0.1, 0.15) is 0 Å². The van der Waals surface area contributed by atoms with Gasteiger partial charge in [0.15, 0.2) is 0 Å². The zero-order valence-electron chi connectivity index (χ0n) is 11.5. The Morgan fingerprint density at radius 1 is 1.41 bits per heavy atom. The van der Waals surface area contributed by atoms with E-state index < -0.39 is 0 Å². The molecule has 0 radical (unpaired) electrons. The van der Waals surface area contributed by atoms with Gasteiger partial charge in [0.05, 0.1) is 19.3 Å². The Morgan fingerprint density at radius 3 is 2.59 bits per heavy atom. The highest BCUT2D eigenvalue weighted by Crippen LogP contribution is 2.42. The summed E-state index contributed by atoms with van der Waals surface area (Å²) in [7, 11) is 1.80. The second-order valence-electron chi connectivity index (χ2n) is 6.49. The fourth-order valence-electron chi connectivity index (χ4n) is 2.90. The molecule has 4 unspecified atom stereocenters. The Balaban J connectivity index is 1.84. The monoisotopic (exact) mass is 242 g/mol. The van der Waals surface area contributed by atoms with Crippen LogP contribution in [0.25, 0.3) is 0 Å². The van der Waals surface area contributed by atoms with E-state index in [4.69, 9.17) is 15.2 Å². The van der Waals surface area contributed by atoms with Crippen molar-refractivity contribution in [1.29, 1.82) is 0 Å². The molecule has 1 heterocycles. The van der Waals surface area contributed by atoms with Crippen LogP contribution in [0.3, 0.4) is 0 Å². The highest BCUT2D eigenvalue weighted by atomic mass is 16.5. The third kappa shape index (κ3) is 2.24. The van der Waals surface area contributed by atoms with Crippen LogP contribution in [-0.2, 0) is 9.47 Å². The van der Waals surface area contributed by atoms with E-state index in [2.05, 4.69) is 26.1 Å². The molecular formula is C13H26N2O2. The van der Waals surface area contributed by atoms with Crippen molar-refractivity contribution < 1.29 is 9.47 Å². The number of rotatable bonds is 4. The van der Waals surface area contributed by atoms with E-state index in [-0.39, 0.29) is 16.9 Å². The lowest BCUT2D eigenvalue weighted by molar-refractivity contribution is -0.0994. The van der Waals surface area contributed by atoms with Crippen molar-refractivity contribution in [2.45, 2.75) is 45.4 Å². The quantitative estimate of drug-likeness (QED) is 0.764. The van der Waals surface area contributed by atoms with Crippen molar-refractivity contribution in [1.82, 2.24) is 5.32 Å². The van der Waals surface area contributed by atoms with E-state index in [9.17, 15) is 0 Å². The van der Waals surface area contributed by atoms with Gasteiger partial charge in [-0.05, 0) is 6.42 Å². The summed E-state index contributed by atoms with van der Waals surface area (Å²) < 4.78 is 10.9. The Morgan fingerprint density at radius 2 is 2.12 bits per heavy atom. The van der Waals surface area contributed by atoms with E-state index in [0.717, 1.165) is 19.6 Å². The van der Waals surface area contributed by atoms with Crippen LogP contribution in [-0.4, -0.2) is 45.1 Å². The Hall–Kier alpha value is -0.160. The minimum Gasteiger partial charge on any atom is -0.381 e. The van der Waals surface area contributed by atoms with Crippen LogP contribution in [0.5, 0.6) is 0 Å². The van der Waals surface area contributed by atoms with Crippen LogP contribution in [0.1, 0.15) is 27.2 Å². The fourth-order valence-corrected chi connectivity index (χ4v) is 2.90. The zero-order valence-corrected chi connectivity index (χ0v) is 11.5. The van der Waals surface area contributed by atoms with Gasteiger partial charge in [0.2, 0.25) is 0 Å². The van der Waals surface area contributed by atoms with Gasteiger partial charge in [-0.3, -0.25) is 0 Å². The standard InChI is InChI=1S/C13H26N2O2/c1-12(2)10(5-11(12)16-4)15-7-13(3)8-17-6-9(13)14/h9-11,15H,5-8,14H2,1-4H3. The largest absolute Gasteiger partial charge is 0.381 e. The van der Waals surface area contributed by atoms with E-state index >= 15 is 0 Å². The summed E-state index contributed by atoms with van der Waals surface area (Å²) in [5, 5.41) is 3.65. The van der Waals surface area contributed by atoms with Crippen LogP contribution in [0, 0.1) is 10.8 Å². The normalized spacial score (nSPS) is 44.6. The molecule has 4 heteroatoms. The molecule has 2 fully saturated rings. The first-order valence-electron chi connectivity index (χ1n) is 6.49. The molecule has 0 amide bonds. The molecule has 4 nitrogen and oxygen atoms in total. The molecule has 3 N–H and O–H groups in total. The number of nitrogens with two attached hydrogens (primary N) is 1. The van der Waals surface area contributed by atoms with Gasteiger partial charge in [0, 0.05) is 36.6 Å². The minimum atomic E-state index is 0.0776. The van der Waals surface area contributed by atoms with Crippen LogP contribution in [0.2, 0.25) is 0 Å². The van der Waals surface area contributed by atoms with Crippen molar-refractivity contribution in [3.8, 4) is 0 Å². The lowest BCUT2D eigenvalue weighted by atomic mass is 9.64. The first-order chi connectivity index (χ1) is 7.90. The molecule has 17 heavy (non-hydrogen) atoms. The third-order valence-corrected chi connectivity index (χ3v) is 4.84. The molecule has 2 rings (SSSR count). The summed E-state index contributed by atoms with van der Waals surface area (Å²) in [6, 6.07) is 0.675. The van der Waals surface area contributed by atoms with Gasteiger partial charge in [-0.25, -0.2) is 0 Å². The summed E-state index contributed by atoms with van der Waals surface area (Å²) in [6.45, 7) is 9.11. The maximum absolute atomic E-state index is 6.09. The maximum Gasteiger partial charge on any atom is 0.0652 e. The Kier molecular flexibility index (Phi) is 3.51. The van der Waals surface area contributed by atoms with Crippen LogP contribution in [0.15, 0.2) is 0 Å². The predicted molar refractivity (Wildman–Crippen MR) is 67.9 cm³/mol. The van der Waals surface area contributed by atoms with Gasteiger partial charge in [0.25, 0.3) is 0 Å². The number of ether oxygens (including phenoxy) is 2. The van der Waals surface area contributed by atoms with Crippen molar-refractivity contribution in [3.63, 3.8) is 0 Å². The van der Waals surface area contributed by atoms with Crippen LogP contribution < -0.4 is 11.1 Å². The SMILES string of the molecule is COC1CC(NCC2(C)COCC2N)C1(C)C. The molecular weight excluding hydrogens is 216 g/mol. The summed E-state index contributed by atoms with van der Waals surface area (Å²) in [4.78, 5) is 0. The molecule has 0 spiro atoms. The smallest absolute Gasteiger partial charge is 0.0652 e. The van der Waals surface area contributed by atoms with E-state index in [1.807, 2.05) is 0 Å². The van der Waals surface area contributed by atoms with E-state index in [0.29, 0.717) is 18.8 Å². The molecule has 0 aromatic carbocycles. The number of methoxy groups -OCH3 is 1. The maximum atomic E-state index is 6.09. The second-order valence-corrected chi connectivity index (χ2v) is 6.49. The first-order valence-corrected chi connectivity index (χ1v) is 6.49. The topological polar surface area (TPSA) is 56.5 Å². The van der Waals surface area contributed by atoms with E-state index in [1.165, 1.54) is 0 Å². The molecule has 2 aliphatic rings. The predicted octanol–water partition coefficient (Wildman–Crippen LogP) is 0.753. The molecule has 4 atom stereocenters. The molecule has 0 aromatic heterocycles. The second kappa shape index (κ2) is 4.50. The van der Waals surface area contributed by atoms with Crippen molar-refractivity contribution in [2.75, 3.05) is 26.9 Å². The molecule has 0 aromatic rings. The summed E-state index contributed by atoms with van der Waals surface area (Å²) in [5.41, 5.74) is 6.38. The summed E-state index contributed by atoms with van der Waals surface area (Å²) >= 11 is 0. The van der Waals surface area contributed by atoms with Gasteiger partial charge in [-0.2, -0.15) is 0 Å².